The van der Waals surface area contributed by atoms with Gasteiger partial charge in [0.1, 0.15) is 11.8 Å². The maximum absolute atomic E-state index is 12.3. The molecule has 1 aliphatic heterocycles. The quantitative estimate of drug-likeness (QED) is 0.285. The number of aliphatic hydroxyl groups excluding tert-OH is 1. The van der Waals surface area contributed by atoms with Crippen molar-refractivity contribution in [3.8, 4) is 0 Å². The molecule has 148 valence electrons. The van der Waals surface area contributed by atoms with E-state index in [0.29, 0.717) is 25.8 Å². The number of rotatable bonds is 0. The van der Waals surface area contributed by atoms with Crippen molar-refractivity contribution in [3.63, 3.8) is 0 Å². The first-order valence-corrected chi connectivity index (χ1v) is 10.2. The highest BCUT2D eigenvalue weighted by atomic mass is 127. The van der Waals surface area contributed by atoms with Gasteiger partial charge in [-0.1, -0.05) is 20.8 Å². The number of nitrogens with zero attached hydrogens (tertiary/aromatic N) is 1. The van der Waals surface area contributed by atoms with Gasteiger partial charge in [-0.15, -0.1) is 0 Å². The maximum Gasteiger partial charge on any atom is 0.309 e. The van der Waals surface area contributed by atoms with Crippen LogP contribution in [0.15, 0.2) is 0 Å². The van der Waals surface area contributed by atoms with Crippen LogP contribution >= 0.6 is 22.6 Å². The molecule has 0 aromatic carbocycles. The summed E-state index contributed by atoms with van der Waals surface area (Å²) < 4.78 is 4.55. The molecule has 3 N–H and O–H groups in total. The molecule has 7 heteroatoms. The van der Waals surface area contributed by atoms with E-state index in [9.17, 15) is 20.1 Å². The molecule has 0 bridgehead atoms. The van der Waals surface area contributed by atoms with Gasteiger partial charge in [-0.2, -0.15) is 0 Å². The third kappa shape index (κ3) is 6.61. The van der Waals surface area contributed by atoms with Gasteiger partial charge < -0.3 is 20.1 Å². The van der Waals surface area contributed by atoms with Crippen molar-refractivity contribution in [1.82, 2.24) is 4.90 Å². The second kappa shape index (κ2) is 8.82. The van der Waals surface area contributed by atoms with Crippen molar-refractivity contribution in [2.24, 2.45) is 17.8 Å². The van der Waals surface area contributed by atoms with Crippen molar-refractivity contribution >= 4 is 28.6 Å². The van der Waals surface area contributed by atoms with Crippen LogP contribution in [-0.4, -0.2) is 61.3 Å². The topological polar surface area (TPSA) is 90.2 Å². The minimum Gasteiger partial charge on any atom is -0.448 e. The van der Waals surface area contributed by atoms with E-state index in [0.717, 1.165) is 0 Å². The Balaban J connectivity index is 3.07. The van der Waals surface area contributed by atoms with Gasteiger partial charge in [0.15, 0.2) is 4.11 Å². The first-order chi connectivity index (χ1) is 11.3. The van der Waals surface area contributed by atoms with Crippen LogP contribution in [0.4, 0.5) is 0 Å². The van der Waals surface area contributed by atoms with Crippen molar-refractivity contribution in [3.05, 3.63) is 0 Å². The van der Waals surface area contributed by atoms with Gasteiger partial charge in [0, 0.05) is 6.54 Å². The predicted molar refractivity (Wildman–Crippen MR) is 105 cm³/mol. The van der Waals surface area contributed by atoms with E-state index in [4.69, 9.17) is 4.74 Å². The first kappa shape index (κ1) is 23.1. The molecule has 1 fully saturated rings. The minimum absolute atomic E-state index is 0.133. The molecule has 0 amide bonds. The molecule has 0 unspecified atom stereocenters. The lowest BCUT2D eigenvalue weighted by Crippen LogP contribution is -2.56. The van der Waals surface area contributed by atoms with Gasteiger partial charge >= 0.3 is 5.97 Å². The predicted octanol–water partition coefficient (Wildman–Crippen LogP) is 2.14. The molecule has 1 aliphatic rings. The lowest BCUT2D eigenvalue weighted by molar-refractivity contribution is -0.184. The normalized spacial score (nSPS) is 46.3. The molecule has 0 aromatic heterocycles. The van der Waals surface area contributed by atoms with Gasteiger partial charge in [0.25, 0.3) is 0 Å². The monoisotopic (exact) mass is 471 g/mol. The van der Waals surface area contributed by atoms with Crippen molar-refractivity contribution in [2.75, 3.05) is 13.6 Å². The largest absolute Gasteiger partial charge is 0.448 e. The van der Waals surface area contributed by atoms with Crippen LogP contribution in [-0.2, 0) is 9.53 Å². The second-order valence-electron chi connectivity index (χ2n) is 8.54. The fraction of sp³-hybridized carbons (Fsp3) is 0.944. The van der Waals surface area contributed by atoms with Crippen LogP contribution in [0.25, 0.3) is 0 Å². The Kier molecular flexibility index (Phi) is 8.14. The van der Waals surface area contributed by atoms with Gasteiger partial charge in [-0.25, -0.2) is 0 Å². The lowest BCUT2D eigenvalue weighted by atomic mass is 9.82. The zero-order chi connectivity index (χ0) is 19.6. The van der Waals surface area contributed by atoms with Crippen LogP contribution in [0.2, 0.25) is 0 Å². The number of likely N-dealkylation sites (N-methyl/N-ethyl adjacent to an activating group) is 1. The SMILES string of the molecule is C[C@H]1C[C@@H](C)C(=O)O[C@H](I)[C@@](C)(O)[C@H](O)N(C)C[C@H](C)C[C@@](C)(O)C1. The molecule has 0 aromatic rings. The Bertz CT molecular complexity index is 457. The molecular weight excluding hydrogens is 437 g/mol. The maximum atomic E-state index is 12.3. The molecule has 0 saturated carbocycles. The number of esters is 1. The molecular formula is C18H34INO5. The first-order valence-electron chi connectivity index (χ1n) is 8.94. The molecule has 0 radical (unpaired) electrons. The van der Waals surface area contributed by atoms with Crippen molar-refractivity contribution < 1.29 is 24.9 Å². The van der Waals surface area contributed by atoms with Crippen LogP contribution in [0, 0.1) is 17.8 Å². The number of halogens is 1. The average molecular weight is 471 g/mol. The minimum atomic E-state index is -1.61. The smallest absolute Gasteiger partial charge is 0.309 e. The summed E-state index contributed by atoms with van der Waals surface area (Å²) in [5, 5.41) is 32.0. The highest BCUT2D eigenvalue weighted by Crippen LogP contribution is 2.32. The van der Waals surface area contributed by atoms with E-state index < -0.39 is 27.5 Å². The summed E-state index contributed by atoms with van der Waals surface area (Å²) in [6, 6.07) is 0. The van der Waals surface area contributed by atoms with E-state index >= 15 is 0 Å². The van der Waals surface area contributed by atoms with E-state index in [1.165, 1.54) is 6.92 Å². The van der Waals surface area contributed by atoms with E-state index in [-0.39, 0.29) is 17.8 Å². The molecule has 1 rings (SSSR count). The fourth-order valence-corrected chi connectivity index (χ4v) is 4.50. The van der Waals surface area contributed by atoms with Crippen LogP contribution < -0.4 is 0 Å². The Morgan fingerprint density at radius 2 is 1.68 bits per heavy atom. The summed E-state index contributed by atoms with van der Waals surface area (Å²) in [6.07, 6.45) is 0.610. The zero-order valence-corrected chi connectivity index (χ0v) is 18.4. The van der Waals surface area contributed by atoms with E-state index in [2.05, 4.69) is 0 Å². The van der Waals surface area contributed by atoms with Gasteiger partial charge in [0.05, 0.1) is 11.5 Å². The molecule has 0 spiro atoms. The third-order valence-corrected chi connectivity index (χ3v) is 6.47. The molecule has 25 heavy (non-hydrogen) atoms. The number of cyclic esters (lactones) is 1. The van der Waals surface area contributed by atoms with Crippen LogP contribution in [0.5, 0.6) is 0 Å². The Morgan fingerprint density at radius 3 is 2.24 bits per heavy atom. The highest BCUT2D eigenvalue weighted by Gasteiger charge is 2.43. The van der Waals surface area contributed by atoms with Crippen molar-refractivity contribution in [1.29, 1.82) is 0 Å². The average Bonchev–Trinajstić information content (AvgIpc) is 2.43. The summed E-state index contributed by atoms with van der Waals surface area (Å²) in [6.45, 7) is 9.65. The summed E-state index contributed by atoms with van der Waals surface area (Å²) in [4.78, 5) is 14.0. The van der Waals surface area contributed by atoms with Gasteiger partial charge in [-0.05, 0) is 74.6 Å². The number of hydrogen-bond acceptors (Lipinski definition) is 6. The molecule has 1 saturated heterocycles. The summed E-state index contributed by atoms with van der Waals surface area (Å²) in [7, 11) is 1.71. The van der Waals surface area contributed by atoms with Gasteiger partial charge in [-0.3, -0.25) is 9.69 Å². The Labute approximate surface area is 165 Å². The standard InChI is InChI=1S/C18H34INO5/c1-11-7-13(3)14(21)25-15(19)18(5,24)16(22)20(6)10-12(2)9-17(4,23)8-11/h11-13,15-16,22-24H,7-10H2,1-6H3/t11-,12+,13+,15-,16-,17-,18+/m0/s1. The Hall–Kier alpha value is 0.0400. The fourth-order valence-electron chi connectivity index (χ4n) is 3.92. The van der Waals surface area contributed by atoms with Gasteiger partial charge in [0.2, 0.25) is 0 Å². The summed E-state index contributed by atoms with van der Waals surface area (Å²) >= 11 is 1.86. The number of carbonyl (C=O) groups is 1. The lowest BCUT2D eigenvalue weighted by Gasteiger charge is -2.40. The van der Waals surface area contributed by atoms with Crippen molar-refractivity contribution in [2.45, 2.75) is 75.4 Å². The number of carbonyl (C=O) groups excluding carboxylic acids is 1. The molecule has 7 atom stereocenters. The second-order valence-corrected chi connectivity index (χ2v) is 9.68. The number of hydrogen-bond donors (Lipinski definition) is 3. The van der Waals surface area contributed by atoms with E-state index in [1.807, 2.05) is 43.4 Å². The molecule has 1 heterocycles. The molecule has 6 nitrogen and oxygen atoms in total. The van der Waals surface area contributed by atoms with Crippen LogP contribution in [0.3, 0.4) is 0 Å². The summed E-state index contributed by atoms with van der Waals surface area (Å²) in [5.41, 5.74) is -2.45. The van der Waals surface area contributed by atoms with Crippen LogP contribution in [0.1, 0.15) is 53.9 Å². The Morgan fingerprint density at radius 1 is 1.16 bits per heavy atom. The zero-order valence-electron chi connectivity index (χ0n) is 16.2. The summed E-state index contributed by atoms with van der Waals surface area (Å²) in [5.74, 6) is -0.432. The number of aliphatic hydroxyl groups is 3. The highest BCUT2D eigenvalue weighted by molar-refractivity contribution is 14.1. The molecule has 0 aliphatic carbocycles. The van der Waals surface area contributed by atoms with E-state index in [1.54, 1.807) is 18.9 Å². The number of alkyl halides is 1. The third-order valence-electron chi connectivity index (χ3n) is 4.95. The number of ether oxygens (including phenoxy) is 1.